The van der Waals surface area contributed by atoms with Crippen LogP contribution in [0.4, 0.5) is 0 Å². The van der Waals surface area contributed by atoms with Gasteiger partial charge in [-0.15, -0.1) is 0 Å². The zero-order valence-corrected chi connectivity index (χ0v) is 8.86. The number of oxime groups is 1. The lowest BCUT2D eigenvalue weighted by atomic mass is 9.97. The van der Waals surface area contributed by atoms with Crippen molar-refractivity contribution in [3.8, 4) is 0 Å². The molecule has 1 saturated heterocycles. The average Bonchev–Trinajstić information content (AvgIpc) is 2.18. The van der Waals surface area contributed by atoms with Crippen molar-refractivity contribution in [1.82, 2.24) is 4.90 Å². The molecule has 0 spiro atoms. The number of carbonyl (C=O) groups excluding carboxylic acids is 1. The molecule has 80 valence electrons. The molecule has 1 fully saturated rings. The lowest BCUT2D eigenvalue weighted by molar-refractivity contribution is -0.132. The highest BCUT2D eigenvalue weighted by Gasteiger charge is 2.24. The third-order valence-corrected chi connectivity index (χ3v) is 2.73. The Hall–Kier alpha value is -1.06. The van der Waals surface area contributed by atoms with Gasteiger partial charge < -0.3 is 10.1 Å². The molecule has 0 aromatic heterocycles. The first-order valence-electron chi connectivity index (χ1n) is 5.10. The van der Waals surface area contributed by atoms with E-state index in [2.05, 4.69) is 5.16 Å². The molecular weight excluding hydrogens is 180 g/mol. The van der Waals surface area contributed by atoms with Gasteiger partial charge in [-0.1, -0.05) is 5.16 Å². The number of likely N-dealkylation sites (tertiary alicyclic amines) is 1. The van der Waals surface area contributed by atoms with Crippen molar-refractivity contribution < 1.29 is 10.0 Å². The Balaban J connectivity index is 2.58. The van der Waals surface area contributed by atoms with E-state index in [1.807, 2.05) is 4.90 Å². The van der Waals surface area contributed by atoms with Gasteiger partial charge in [0.25, 0.3) is 0 Å². The van der Waals surface area contributed by atoms with Crippen molar-refractivity contribution in [2.45, 2.75) is 45.6 Å². The zero-order chi connectivity index (χ0) is 10.6. The first kappa shape index (κ1) is 11.0. The first-order valence-corrected chi connectivity index (χ1v) is 5.10. The number of hydrogen-bond donors (Lipinski definition) is 1. The summed E-state index contributed by atoms with van der Waals surface area (Å²) in [5.41, 5.74) is 0.697. The Morgan fingerprint density at radius 1 is 1.50 bits per heavy atom. The molecular formula is C10H18N2O2. The van der Waals surface area contributed by atoms with Crippen LogP contribution in [0.1, 0.15) is 39.5 Å². The fourth-order valence-corrected chi connectivity index (χ4v) is 2.01. The Morgan fingerprint density at radius 3 is 2.79 bits per heavy atom. The predicted molar refractivity (Wildman–Crippen MR) is 54.5 cm³/mol. The van der Waals surface area contributed by atoms with E-state index >= 15 is 0 Å². The van der Waals surface area contributed by atoms with Crippen molar-refractivity contribution in [3.05, 3.63) is 0 Å². The molecule has 0 saturated carbocycles. The van der Waals surface area contributed by atoms with E-state index in [9.17, 15) is 4.79 Å². The monoisotopic (exact) mass is 198 g/mol. The molecule has 14 heavy (non-hydrogen) atoms. The third-order valence-electron chi connectivity index (χ3n) is 2.73. The highest BCUT2D eigenvalue weighted by Crippen LogP contribution is 2.20. The molecule has 0 unspecified atom stereocenters. The standard InChI is InChI=1S/C10H18N2O2/c1-8(11-14)7-10-5-3-4-6-12(10)9(2)13/h10,14H,3-7H2,1-2H3/b11-8-/t10-/m0/s1. The fourth-order valence-electron chi connectivity index (χ4n) is 2.01. The fraction of sp³-hybridized carbons (Fsp3) is 0.800. The van der Waals surface area contributed by atoms with Crippen molar-refractivity contribution in [2.24, 2.45) is 5.16 Å². The second kappa shape index (κ2) is 4.98. The molecule has 0 bridgehead atoms. The quantitative estimate of drug-likeness (QED) is 0.416. The van der Waals surface area contributed by atoms with Crippen molar-refractivity contribution in [3.63, 3.8) is 0 Å². The van der Waals surface area contributed by atoms with E-state index in [0.717, 1.165) is 25.8 Å². The Kier molecular flexibility index (Phi) is 3.92. The smallest absolute Gasteiger partial charge is 0.219 e. The molecule has 0 radical (unpaired) electrons. The Morgan fingerprint density at radius 2 is 2.21 bits per heavy atom. The van der Waals surface area contributed by atoms with Crippen LogP contribution in [-0.2, 0) is 4.79 Å². The van der Waals surface area contributed by atoms with Gasteiger partial charge in [0.05, 0.1) is 5.71 Å². The lowest BCUT2D eigenvalue weighted by Crippen LogP contribution is -2.43. The second-order valence-electron chi connectivity index (χ2n) is 3.90. The van der Waals surface area contributed by atoms with Crippen LogP contribution in [-0.4, -0.2) is 34.3 Å². The number of carbonyl (C=O) groups is 1. The molecule has 4 nitrogen and oxygen atoms in total. The van der Waals surface area contributed by atoms with Crippen molar-refractivity contribution in [1.29, 1.82) is 0 Å². The number of hydrogen-bond acceptors (Lipinski definition) is 3. The van der Waals surface area contributed by atoms with Crippen LogP contribution in [0.15, 0.2) is 5.16 Å². The normalized spacial score (nSPS) is 23.7. The summed E-state index contributed by atoms with van der Waals surface area (Å²) >= 11 is 0. The molecule has 1 amide bonds. The van der Waals surface area contributed by atoms with Crippen LogP contribution in [0.5, 0.6) is 0 Å². The summed E-state index contributed by atoms with van der Waals surface area (Å²) in [4.78, 5) is 13.2. The molecule has 1 aliphatic heterocycles. The molecule has 0 aromatic carbocycles. The van der Waals surface area contributed by atoms with Crippen molar-refractivity contribution in [2.75, 3.05) is 6.54 Å². The minimum atomic E-state index is 0.125. The first-order chi connectivity index (χ1) is 6.65. The summed E-state index contributed by atoms with van der Waals surface area (Å²) in [5, 5.41) is 11.7. The Labute approximate surface area is 84.6 Å². The van der Waals surface area contributed by atoms with Crippen LogP contribution in [0.2, 0.25) is 0 Å². The molecule has 4 heteroatoms. The summed E-state index contributed by atoms with van der Waals surface area (Å²) in [6, 6.07) is 0.233. The molecule has 1 atom stereocenters. The minimum Gasteiger partial charge on any atom is -0.411 e. The molecule has 1 N–H and O–H groups in total. The highest BCUT2D eigenvalue weighted by molar-refractivity contribution is 5.82. The lowest BCUT2D eigenvalue weighted by Gasteiger charge is -2.34. The molecule has 1 aliphatic rings. The van der Waals surface area contributed by atoms with Crippen LogP contribution >= 0.6 is 0 Å². The van der Waals surface area contributed by atoms with Crippen molar-refractivity contribution >= 4 is 11.6 Å². The minimum absolute atomic E-state index is 0.125. The zero-order valence-electron chi connectivity index (χ0n) is 8.86. The van der Waals surface area contributed by atoms with Gasteiger partial charge in [-0.05, 0) is 26.2 Å². The third kappa shape index (κ3) is 2.72. The highest BCUT2D eigenvalue weighted by atomic mass is 16.4. The van der Waals surface area contributed by atoms with Gasteiger partial charge in [0.1, 0.15) is 0 Å². The number of amides is 1. The van der Waals surface area contributed by atoms with E-state index in [4.69, 9.17) is 5.21 Å². The topological polar surface area (TPSA) is 52.9 Å². The predicted octanol–water partition coefficient (Wildman–Crippen LogP) is 1.63. The summed E-state index contributed by atoms with van der Waals surface area (Å²) in [7, 11) is 0. The van der Waals surface area contributed by atoms with E-state index in [1.165, 1.54) is 0 Å². The summed E-state index contributed by atoms with van der Waals surface area (Å²) in [6.45, 7) is 4.23. The maximum absolute atomic E-state index is 11.3. The number of piperidine rings is 1. The molecule has 1 heterocycles. The maximum Gasteiger partial charge on any atom is 0.219 e. The van der Waals surface area contributed by atoms with Gasteiger partial charge in [-0.2, -0.15) is 0 Å². The van der Waals surface area contributed by atoms with Crippen LogP contribution in [0, 0.1) is 0 Å². The number of nitrogens with zero attached hydrogens (tertiary/aromatic N) is 2. The summed E-state index contributed by atoms with van der Waals surface area (Å²) in [6.07, 6.45) is 3.96. The van der Waals surface area contributed by atoms with E-state index < -0.39 is 0 Å². The van der Waals surface area contributed by atoms with E-state index in [0.29, 0.717) is 12.1 Å². The molecule has 1 rings (SSSR count). The molecule has 0 aromatic rings. The van der Waals surface area contributed by atoms with Gasteiger partial charge in [-0.25, -0.2) is 0 Å². The largest absolute Gasteiger partial charge is 0.411 e. The molecule has 0 aliphatic carbocycles. The van der Waals surface area contributed by atoms with Crippen LogP contribution < -0.4 is 0 Å². The maximum atomic E-state index is 11.3. The van der Waals surface area contributed by atoms with Gasteiger partial charge in [-0.3, -0.25) is 4.79 Å². The van der Waals surface area contributed by atoms with E-state index in [-0.39, 0.29) is 11.9 Å². The van der Waals surface area contributed by atoms with Gasteiger partial charge in [0.15, 0.2) is 0 Å². The number of rotatable bonds is 2. The summed E-state index contributed by atoms with van der Waals surface area (Å²) < 4.78 is 0. The SMILES string of the molecule is CC(=O)N1CCCC[C@H]1C/C(C)=N\O. The average molecular weight is 198 g/mol. The van der Waals surface area contributed by atoms with E-state index in [1.54, 1.807) is 13.8 Å². The van der Waals surface area contributed by atoms with Crippen LogP contribution in [0.3, 0.4) is 0 Å². The van der Waals surface area contributed by atoms with Gasteiger partial charge in [0, 0.05) is 25.9 Å². The van der Waals surface area contributed by atoms with Crippen LogP contribution in [0.25, 0.3) is 0 Å². The summed E-state index contributed by atoms with van der Waals surface area (Å²) in [5.74, 6) is 0.125. The van der Waals surface area contributed by atoms with Gasteiger partial charge in [0.2, 0.25) is 5.91 Å². The Bertz CT molecular complexity index is 238. The second-order valence-corrected chi connectivity index (χ2v) is 3.90. The van der Waals surface area contributed by atoms with Gasteiger partial charge >= 0.3 is 0 Å².